The lowest BCUT2D eigenvalue weighted by atomic mass is 9.66. The van der Waals surface area contributed by atoms with Crippen molar-refractivity contribution in [3.8, 4) is 0 Å². The van der Waals surface area contributed by atoms with Crippen LogP contribution in [0.4, 0.5) is 5.69 Å². The number of carbonyl (C=O) groups is 1. The van der Waals surface area contributed by atoms with Gasteiger partial charge in [0.1, 0.15) is 0 Å². The highest BCUT2D eigenvalue weighted by atomic mass is 16.5. The number of ether oxygens (including phenoxy) is 1. The maximum Gasteiger partial charge on any atom is 0.312 e. The minimum absolute atomic E-state index is 0.177. The molecule has 1 heterocycles. The van der Waals surface area contributed by atoms with Gasteiger partial charge in [0, 0.05) is 43.4 Å². The molecule has 1 aliphatic carbocycles. The van der Waals surface area contributed by atoms with Crippen LogP contribution in [0.15, 0.2) is 29.1 Å². The van der Waals surface area contributed by atoms with Gasteiger partial charge in [0.05, 0.1) is 18.1 Å². The van der Waals surface area contributed by atoms with Crippen LogP contribution in [-0.4, -0.2) is 47.6 Å². The van der Waals surface area contributed by atoms with Gasteiger partial charge in [0.25, 0.3) is 5.56 Å². The predicted molar refractivity (Wildman–Crippen MR) is 98.5 cm³/mol. The van der Waals surface area contributed by atoms with E-state index in [1.54, 1.807) is 13.8 Å². The molecule has 0 spiro atoms. The highest BCUT2D eigenvalue weighted by Gasteiger charge is 2.51. The van der Waals surface area contributed by atoms with Crippen molar-refractivity contribution in [2.24, 2.45) is 5.92 Å². The SMILES string of the molecule is CCOC(=O)[C@H]1[C@@H](c2ccc(N(C)C)cc2)c2c([nH][nH]c2=O)C[C@@]1(C)O. The number of aliphatic hydroxyl groups is 1. The van der Waals surface area contributed by atoms with Crippen molar-refractivity contribution in [1.82, 2.24) is 10.2 Å². The molecule has 0 bridgehead atoms. The fraction of sp³-hybridized carbons (Fsp3) is 0.474. The van der Waals surface area contributed by atoms with E-state index in [9.17, 15) is 14.7 Å². The molecule has 26 heavy (non-hydrogen) atoms. The number of hydrogen-bond acceptors (Lipinski definition) is 5. The zero-order chi connectivity index (χ0) is 19.1. The summed E-state index contributed by atoms with van der Waals surface area (Å²) in [7, 11) is 3.88. The first kappa shape index (κ1) is 18.3. The molecule has 3 N–H and O–H groups in total. The van der Waals surface area contributed by atoms with Gasteiger partial charge in [-0.1, -0.05) is 12.1 Å². The number of rotatable bonds is 4. The van der Waals surface area contributed by atoms with Crippen molar-refractivity contribution in [2.75, 3.05) is 25.6 Å². The van der Waals surface area contributed by atoms with Crippen LogP contribution in [0.5, 0.6) is 0 Å². The summed E-state index contributed by atoms with van der Waals surface area (Å²) in [6.07, 6.45) is 0.177. The van der Waals surface area contributed by atoms with E-state index < -0.39 is 23.4 Å². The Morgan fingerprint density at radius 2 is 1.96 bits per heavy atom. The maximum atomic E-state index is 12.7. The Kier molecular flexibility index (Phi) is 4.66. The summed E-state index contributed by atoms with van der Waals surface area (Å²) in [5.74, 6) is -1.94. The molecule has 1 aromatic heterocycles. The quantitative estimate of drug-likeness (QED) is 0.717. The van der Waals surface area contributed by atoms with Crippen molar-refractivity contribution < 1.29 is 14.6 Å². The average molecular weight is 359 g/mol. The van der Waals surface area contributed by atoms with Crippen molar-refractivity contribution in [3.05, 3.63) is 51.4 Å². The van der Waals surface area contributed by atoms with Crippen LogP contribution in [0.25, 0.3) is 0 Å². The smallest absolute Gasteiger partial charge is 0.312 e. The van der Waals surface area contributed by atoms with E-state index in [2.05, 4.69) is 10.2 Å². The molecule has 1 aromatic carbocycles. The molecule has 0 unspecified atom stereocenters. The predicted octanol–water partition coefficient (Wildman–Crippen LogP) is 1.39. The monoisotopic (exact) mass is 359 g/mol. The molecule has 0 fully saturated rings. The van der Waals surface area contributed by atoms with Gasteiger partial charge in [-0.25, -0.2) is 0 Å². The Balaban J connectivity index is 2.16. The molecule has 3 rings (SSSR count). The summed E-state index contributed by atoms with van der Waals surface area (Å²) in [6.45, 7) is 3.56. The Morgan fingerprint density at radius 1 is 1.31 bits per heavy atom. The number of benzene rings is 1. The minimum Gasteiger partial charge on any atom is -0.466 e. The van der Waals surface area contributed by atoms with Gasteiger partial charge in [-0.15, -0.1) is 0 Å². The largest absolute Gasteiger partial charge is 0.466 e. The lowest BCUT2D eigenvalue weighted by Gasteiger charge is -2.40. The number of hydrogen-bond donors (Lipinski definition) is 3. The summed E-state index contributed by atoms with van der Waals surface area (Å²) in [5, 5.41) is 16.4. The lowest BCUT2D eigenvalue weighted by Crippen LogP contribution is -2.50. The molecule has 0 aliphatic heterocycles. The molecular weight excluding hydrogens is 334 g/mol. The molecule has 0 saturated carbocycles. The van der Waals surface area contributed by atoms with Crippen LogP contribution in [0.1, 0.15) is 36.6 Å². The molecule has 7 heteroatoms. The Bertz CT molecular complexity index is 848. The molecule has 0 saturated heterocycles. The van der Waals surface area contributed by atoms with E-state index in [0.717, 1.165) is 11.3 Å². The van der Waals surface area contributed by atoms with Crippen LogP contribution >= 0.6 is 0 Å². The number of nitrogens with zero attached hydrogens (tertiary/aromatic N) is 1. The topological polar surface area (TPSA) is 98.4 Å². The molecule has 0 amide bonds. The average Bonchev–Trinajstić information content (AvgIpc) is 2.93. The molecule has 3 atom stereocenters. The second-order valence-electron chi connectivity index (χ2n) is 7.20. The van der Waals surface area contributed by atoms with Crippen LogP contribution < -0.4 is 10.5 Å². The van der Waals surface area contributed by atoms with Crippen LogP contribution in [0, 0.1) is 5.92 Å². The number of esters is 1. The third kappa shape index (κ3) is 3.03. The zero-order valence-corrected chi connectivity index (χ0v) is 15.5. The number of aromatic amines is 2. The second kappa shape index (κ2) is 6.64. The van der Waals surface area contributed by atoms with Crippen molar-refractivity contribution in [2.45, 2.75) is 31.8 Å². The van der Waals surface area contributed by atoms with E-state index >= 15 is 0 Å². The van der Waals surface area contributed by atoms with E-state index in [1.165, 1.54) is 0 Å². The van der Waals surface area contributed by atoms with Gasteiger partial charge in [0.15, 0.2) is 0 Å². The van der Waals surface area contributed by atoms with Crippen molar-refractivity contribution in [1.29, 1.82) is 0 Å². The zero-order valence-electron chi connectivity index (χ0n) is 15.5. The lowest BCUT2D eigenvalue weighted by molar-refractivity contribution is -0.159. The third-order valence-electron chi connectivity index (χ3n) is 5.05. The number of H-pyrrole nitrogens is 2. The standard InChI is InChI=1S/C19H25N3O4/c1-5-26-18(24)16-14(11-6-8-12(9-7-11)22(3)4)15-13(10-19(16,2)25)20-21-17(15)23/h6-9,14,16,25H,5,10H2,1-4H3,(H2,20,21,23)/t14-,16+,19+/m0/s1. The first-order valence-corrected chi connectivity index (χ1v) is 8.72. The summed E-state index contributed by atoms with van der Waals surface area (Å²) in [6, 6.07) is 7.65. The summed E-state index contributed by atoms with van der Waals surface area (Å²) < 4.78 is 5.23. The van der Waals surface area contributed by atoms with E-state index in [4.69, 9.17) is 4.74 Å². The van der Waals surface area contributed by atoms with Crippen LogP contribution in [0.3, 0.4) is 0 Å². The van der Waals surface area contributed by atoms with Gasteiger partial charge in [0.2, 0.25) is 0 Å². The first-order valence-electron chi connectivity index (χ1n) is 8.72. The normalized spacial score (nSPS) is 24.8. The summed E-state index contributed by atoms with van der Waals surface area (Å²) in [5.41, 5.74) is 1.31. The fourth-order valence-corrected chi connectivity index (χ4v) is 3.83. The van der Waals surface area contributed by atoms with E-state index in [0.29, 0.717) is 11.3 Å². The number of carbonyl (C=O) groups excluding carboxylic acids is 1. The highest BCUT2D eigenvalue weighted by molar-refractivity contribution is 5.77. The van der Waals surface area contributed by atoms with Gasteiger partial charge in [-0.3, -0.25) is 14.7 Å². The van der Waals surface area contributed by atoms with Crippen molar-refractivity contribution in [3.63, 3.8) is 0 Å². The Morgan fingerprint density at radius 3 is 2.54 bits per heavy atom. The van der Waals surface area contributed by atoms with Crippen LogP contribution in [-0.2, 0) is 16.0 Å². The molecular formula is C19H25N3O4. The fourth-order valence-electron chi connectivity index (χ4n) is 3.83. The van der Waals surface area contributed by atoms with Gasteiger partial charge in [-0.2, -0.15) is 0 Å². The Labute approximate surface area is 152 Å². The third-order valence-corrected chi connectivity index (χ3v) is 5.05. The molecule has 7 nitrogen and oxygen atoms in total. The van der Waals surface area contributed by atoms with Crippen molar-refractivity contribution >= 4 is 11.7 Å². The maximum absolute atomic E-state index is 12.7. The van der Waals surface area contributed by atoms with Crippen LogP contribution in [0.2, 0.25) is 0 Å². The summed E-state index contributed by atoms with van der Waals surface area (Å²) >= 11 is 0. The first-order chi connectivity index (χ1) is 12.3. The second-order valence-corrected chi connectivity index (χ2v) is 7.20. The Hall–Kier alpha value is -2.54. The van der Waals surface area contributed by atoms with Gasteiger partial charge in [-0.05, 0) is 31.5 Å². The van der Waals surface area contributed by atoms with Gasteiger partial charge < -0.3 is 19.8 Å². The molecule has 140 valence electrons. The number of nitrogens with one attached hydrogen (secondary N) is 2. The molecule has 2 aromatic rings. The highest BCUT2D eigenvalue weighted by Crippen LogP contribution is 2.44. The number of aromatic nitrogens is 2. The minimum atomic E-state index is -1.34. The molecule has 1 aliphatic rings. The summed E-state index contributed by atoms with van der Waals surface area (Å²) in [4.78, 5) is 27.1. The van der Waals surface area contributed by atoms with E-state index in [1.807, 2.05) is 43.3 Å². The molecule has 0 radical (unpaired) electrons. The number of anilines is 1. The van der Waals surface area contributed by atoms with E-state index in [-0.39, 0.29) is 18.6 Å². The van der Waals surface area contributed by atoms with Gasteiger partial charge >= 0.3 is 5.97 Å². The number of fused-ring (bicyclic) bond motifs is 1.